The second kappa shape index (κ2) is 9.53. The van der Waals surface area contributed by atoms with Crippen LogP contribution in [0.1, 0.15) is 50.8 Å². The Labute approximate surface area is 194 Å². The lowest BCUT2D eigenvalue weighted by molar-refractivity contribution is -0.384. The normalized spacial score (nSPS) is 12.4. The first-order valence-electron chi connectivity index (χ1n) is 10.6. The lowest BCUT2D eigenvalue weighted by atomic mass is 10.1. The Morgan fingerprint density at radius 1 is 0.912 bits per heavy atom. The number of fused-ring (bicyclic) bond motifs is 1. The number of unbranched alkanes of at least 4 members (excludes halogenated alkanes) is 1. The first kappa shape index (κ1) is 22.7. The maximum atomic E-state index is 13.0. The summed E-state index contributed by atoms with van der Waals surface area (Å²) in [4.78, 5) is 49.3. The molecule has 0 spiro atoms. The van der Waals surface area contributed by atoms with Crippen LogP contribution in [0.25, 0.3) is 0 Å². The maximum Gasteiger partial charge on any atom is 0.338 e. The number of anilines is 1. The zero-order valence-corrected chi connectivity index (χ0v) is 18.2. The molecule has 9 nitrogen and oxygen atoms in total. The summed E-state index contributed by atoms with van der Waals surface area (Å²) < 4.78 is 10.9. The predicted octanol–water partition coefficient (Wildman–Crippen LogP) is 5.14. The third-order valence-corrected chi connectivity index (χ3v) is 5.23. The van der Waals surface area contributed by atoms with Crippen molar-refractivity contribution in [1.29, 1.82) is 0 Å². The van der Waals surface area contributed by atoms with Crippen molar-refractivity contribution < 1.29 is 28.8 Å². The summed E-state index contributed by atoms with van der Waals surface area (Å²) in [6, 6.07) is 16.1. The molecule has 0 radical (unpaired) electrons. The van der Waals surface area contributed by atoms with E-state index in [2.05, 4.69) is 0 Å². The van der Waals surface area contributed by atoms with E-state index in [-0.39, 0.29) is 16.8 Å². The number of rotatable bonds is 8. The molecule has 0 saturated heterocycles. The Morgan fingerprint density at radius 2 is 1.56 bits per heavy atom. The van der Waals surface area contributed by atoms with Crippen molar-refractivity contribution in [2.45, 2.75) is 19.8 Å². The van der Waals surface area contributed by atoms with Gasteiger partial charge in [0.2, 0.25) is 0 Å². The molecule has 0 atom stereocenters. The van der Waals surface area contributed by atoms with E-state index in [0.29, 0.717) is 29.4 Å². The van der Waals surface area contributed by atoms with E-state index in [9.17, 15) is 24.5 Å². The molecule has 34 heavy (non-hydrogen) atoms. The fraction of sp³-hybridized carbons (Fsp3) is 0.160. The number of amides is 2. The second-order valence-electron chi connectivity index (χ2n) is 7.54. The maximum absolute atomic E-state index is 13.0. The summed E-state index contributed by atoms with van der Waals surface area (Å²) in [5, 5.41) is 10.8. The van der Waals surface area contributed by atoms with E-state index in [1.165, 1.54) is 60.7 Å². The summed E-state index contributed by atoms with van der Waals surface area (Å²) in [5.41, 5.74) is 0.985. The third-order valence-electron chi connectivity index (χ3n) is 5.23. The number of carbonyl (C=O) groups is 3. The summed E-state index contributed by atoms with van der Waals surface area (Å²) in [7, 11) is 0. The van der Waals surface area contributed by atoms with Crippen molar-refractivity contribution in [2.24, 2.45) is 0 Å². The van der Waals surface area contributed by atoms with Gasteiger partial charge in [0.05, 0.1) is 33.9 Å². The highest BCUT2D eigenvalue weighted by Gasteiger charge is 2.37. The highest BCUT2D eigenvalue weighted by Crippen LogP contribution is 2.33. The van der Waals surface area contributed by atoms with Crippen molar-refractivity contribution in [3.05, 3.63) is 93.5 Å². The van der Waals surface area contributed by atoms with Gasteiger partial charge in [-0.1, -0.05) is 13.3 Å². The number of hydrogen-bond acceptors (Lipinski definition) is 7. The van der Waals surface area contributed by atoms with E-state index in [4.69, 9.17) is 9.47 Å². The van der Waals surface area contributed by atoms with Crippen LogP contribution >= 0.6 is 0 Å². The summed E-state index contributed by atoms with van der Waals surface area (Å²) in [5.74, 6) is -0.815. The number of nitro groups is 1. The molecule has 2 amide bonds. The van der Waals surface area contributed by atoms with Crippen LogP contribution in [0.2, 0.25) is 0 Å². The van der Waals surface area contributed by atoms with Crippen LogP contribution in [0, 0.1) is 10.1 Å². The zero-order valence-electron chi connectivity index (χ0n) is 18.2. The molecule has 0 fully saturated rings. The monoisotopic (exact) mass is 460 g/mol. The standard InChI is InChI=1S/C25H20N2O7/c1-2-3-14-33-25(30)16-4-6-17(7-5-16)26-23(28)21-13-12-20(15-22(21)24(26)29)34-19-10-8-18(9-11-19)27(31)32/h4-13,15H,2-3,14H2,1H3. The van der Waals surface area contributed by atoms with E-state index in [1.54, 1.807) is 6.07 Å². The number of carbonyl (C=O) groups excluding carboxylic acids is 3. The topological polar surface area (TPSA) is 116 Å². The molecule has 0 aromatic heterocycles. The van der Waals surface area contributed by atoms with Gasteiger partial charge in [-0.25, -0.2) is 9.69 Å². The summed E-state index contributed by atoms with van der Waals surface area (Å²) >= 11 is 0. The molecular formula is C25H20N2O7. The highest BCUT2D eigenvalue weighted by atomic mass is 16.6. The number of nitro benzene ring substituents is 1. The highest BCUT2D eigenvalue weighted by molar-refractivity contribution is 6.34. The first-order valence-corrected chi connectivity index (χ1v) is 10.6. The first-order chi connectivity index (χ1) is 16.4. The molecule has 0 N–H and O–H groups in total. The lowest BCUT2D eigenvalue weighted by Crippen LogP contribution is -2.29. The molecular weight excluding hydrogens is 440 g/mol. The number of imide groups is 1. The van der Waals surface area contributed by atoms with Gasteiger partial charge in [-0.3, -0.25) is 19.7 Å². The molecule has 0 saturated carbocycles. The van der Waals surface area contributed by atoms with Crippen molar-refractivity contribution in [3.8, 4) is 11.5 Å². The Hall–Kier alpha value is -4.53. The van der Waals surface area contributed by atoms with Crippen LogP contribution in [0.5, 0.6) is 11.5 Å². The minimum atomic E-state index is -0.521. The van der Waals surface area contributed by atoms with Crippen molar-refractivity contribution in [1.82, 2.24) is 0 Å². The average Bonchev–Trinajstić information content (AvgIpc) is 3.09. The third kappa shape index (κ3) is 4.49. The molecule has 0 aliphatic carbocycles. The molecule has 1 aliphatic heterocycles. The molecule has 0 bridgehead atoms. The van der Waals surface area contributed by atoms with E-state index in [1.807, 2.05) is 6.92 Å². The number of hydrogen-bond donors (Lipinski definition) is 0. The Balaban J connectivity index is 1.50. The molecule has 1 aliphatic rings. The van der Waals surface area contributed by atoms with Crippen LogP contribution in [0.4, 0.5) is 11.4 Å². The quantitative estimate of drug-likeness (QED) is 0.150. The van der Waals surface area contributed by atoms with E-state index >= 15 is 0 Å². The van der Waals surface area contributed by atoms with Gasteiger partial charge in [-0.05, 0) is 61.0 Å². The van der Waals surface area contributed by atoms with Crippen molar-refractivity contribution >= 4 is 29.2 Å². The minimum absolute atomic E-state index is 0.0713. The van der Waals surface area contributed by atoms with Gasteiger partial charge in [0.25, 0.3) is 17.5 Å². The van der Waals surface area contributed by atoms with E-state index in [0.717, 1.165) is 17.7 Å². The van der Waals surface area contributed by atoms with Crippen molar-refractivity contribution in [3.63, 3.8) is 0 Å². The summed E-state index contributed by atoms with van der Waals surface area (Å²) in [6.07, 6.45) is 1.68. The molecule has 4 rings (SSSR count). The van der Waals surface area contributed by atoms with Gasteiger partial charge in [-0.2, -0.15) is 0 Å². The number of esters is 1. The van der Waals surface area contributed by atoms with E-state index < -0.39 is 22.7 Å². The van der Waals surface area contributed by atoms with Gasteiger partial charge in [-0.15, -0.1) is 0 Å². The smallest absolute Gasteiger partial charge is 0.338 e. The zero-order chi connectivity index (χ0) is 24.2. The van der Waals surface area contributed by atoms with Crippen LogP contribution in [0.3, 0.4) is 0 Å². The largest absolute Gasteiger partial charge is 0.462 e. The van der Waals surface area contributed by atoms with Gasteiger partial charge in [0.1, 0.15) is 11.5 Å². The summed E-state index contributed by atoms with van der Waals surface area (Å²) in [6.45, 7) is 2.33. The molecule has 1 heterocycles. The SMILES string of the molecule is CCCCOC(=O)c1ccc(N2C(=O)c3ccc(Oc4ccc([N+](=O)[O-])cc4)cc3C2=O)cc1. The Morgan fingerprint density at radius 3 is 2.21 bits per heavy atom. The van der Waals surface area contributed by atoms with Gasteiger partial charge in [0, 0.05) is 12.1 Å². The Kier molecular flexibility index (Phi) is 6.35. The fourth-order valence-electron chi connectivity index (χ4n) is 3.43. The Bertz CT molecular complexity index is 1270. The van der Waals surface area contributed by atoms with Gasteiger partial charge < -0.3 is 9.47 Å². The van der Waals surface area contributed by atoms with Gasteiger partial charge >= 0.3 is 5.97 Å². The lowest BCUT2D eigenvalue weighted by Gasteiger charge is -2.14. The molecule has 9 heteroatoms. The number of ether oxygens (including phenoxy) is 2. The second-order valence-corrected chi connectivity index (χ2v) is 7.54. The predicted molar refractivity (Wildman–Crippen MR) is 122 cm³/mol. The molecule has 3 aromatic rings. The molecule has 172 valence electrons. The number of nitrogens with zero attached hydrogens (tertiary/aromatic N) is 2. The van der Waals surface area contributed by atoms with Crippen LogP contribution in [0.15, 0.2) is 66.7 Å². The average molecular weight is 460 g/mol. The molecule has 0 unspecified atom stereocenters. The van der Waals surface area contributed by atoms with Crippen molar-refractivity contribution in [2.75, 3.05) is 11.5 Å². The van der Waals surface area contributed by atoms with Gasteiger partial charge in [0.15, 0.2) is 0 Å². The molecule has 3 aromatic carbocycles. The minimum Gasteiger partial charge on any atom is -0.462 e. The fourth-order valence-corrected chi connectivity index (χ4v) is 3.43. The number of benzene rings is 3. The van der Waals surface area contributed by atoms with Crippen LogP contribution in [-0.2, 0) is 4.74 Å². The number of non-ortho nitro benzene ring substituents is 1. The van der Waals surface area contributed by atoms with Crippen LogP contribution in [-0.4, -0.2) is 29.3 Å². The van der Waals surface area contributed by atoms with Crippen LogP contribution < -0.4 is 9.64 Å².